The normalized spacial score (nSPS) is 14.0. The number of nitrogens with zero attached hydrogens (tertiary/aromatic N) is 1. The van der Waals surface area contributed by atoms with Gasteiger partial charge in [-0.1, -0.05) is 13.8 Å². The molecule has 3 N–H and O–H groups in total. The monoisotopic (exact) mass is 271 g/mol. The maximum absolute atomic E-state index is 11.7. The van der Waals surface area contributed by atoms with Crippen molar-refractivity contribution in [1.29, 1.82) is 0 Å². The lowest BCUT2D eigenvalue weighted by atomic mass is 10.1. The van der Waals surface area contributed by atoms with Gasteiger partial charge < -0.3 is 15.7 Å². The van der Waals surface area contributed by atoms with Crippen molar-refractivity contribution in [3.8, 4) is 0 Å². The molecule has 0 radical (unpaired) electrons. The highest BCUT2D eigenvalue weighted by Crippen LogP contribution is 2.14. The number of carboxylic acids is 1. The number of carbonyl (C=O) groups excluding carboxylic acids is 1. The van der Waals surface area contributed by atoms with E-state index in [9.17, 15) is 9.59 Å². The van der Waals surface area contributed by atoms with Crippen LogP contribution in [0.5, 0.6) is 0 Å². The van der Waals surface area contributed by atoms with Gasteiger partial charge in [-0.3, -0.25) is 0 Å². The summed E-state index contributed by atoms with van der Waals surface area (Å²) < 4.78 is 0. The van der Waals surface area contributed by atoms with Gasteiger partial charge in [0, 0.05) is 11.6 Å². The van der Waals surface area contributed by atoms with Crippen molar-refractivity contribution >= 4 is 23.3 Å². The number of rotatable bonds is 5. The molecule has 0 saturated carbocycles. The average molecular weight is 271 g/mol. The molecular weight excluding hydrogens is 254 g/mol. The topological polar surface area (TPSA) is 91.3 Å². The van der Waals surface area contributed by atoms with Crippen LogP contribution in [-0.4, -0.2) is 28.1 Å². The van der Waals surface area contributed by atoms with Crippen molar-refractivity contribution in [1.82, 2.24) is 15.6 Å². The second kappa shape index (κ2) is 6.34. The van der Waals surface area contributed by atoms with Gasteiger partial charge in [0.25, 0.3) is 0 Å². The Morgan fingerprint density at radius 2 is 2.00 bits per heavy atom. The molecule has 6 nitrogen and oxygen atoms in total. The first-order chi connectivity index (χ1) is 8.41. The van der Waals surface area contributed by atoms with E-state index in [2.05, 4.69) is 15.6 Å². The van der Waals surface area contributed by atoms with E-state index in [0.29, 0.717) is 0 Å². The number of amides is 2. The summed E-state index contributed by atoms with van der Waals surface area (Å²) in [5.41, 5.74) is 0. The molecule has 0 aliphatic carbocycles. The summed E-state index contributed by atoms with van der Waals surface area (Å²) >= 11 is 1.43. The second-order valence-corrected chi connectivity index (χ2v) is 5.20. The van der Waals surface area contributed by atoms with Crippen LogP contribution in [0.2, 0.25) is 0 Å². The van der Waals surface area contributed by atoms with Gasteiger partial charge in [0.15, 0.2) is 0 Å². The highest BCUT2D eigenvalue weighted by Gasteiger charge is 2.24. The molecule has 1 aromatic rings. The number of carboxylic acid groups (broad SMARTS) is 1. The van der Waals surface area contributed by atoms with Gasteiger partial charge in [0.1, 0.15) is 11.0 Å². The van der Waals surface area contributed by atoms with E-state index >= 15 is 0 Å². The molecule has 2 atom stereocenters. The third kappa shape index (κ3) is 3.99. The molecule has 7 heteroatoms. The molecule has 0 aromatic carbocycles. The maximum atomic E-state index is 11.7. The van der Waals surface area contributed by atoms with Crippen LogP contribution >= 0.6 is 11.3 Å². The molecule has 18 heavy (non-hydrogen) atoms. The zero-order valence-corrected chi connectivity index (χ0v) is 11.3. The van der Waals surface area contributed by atoms with Crippen LogP contribution in [0, 0.1) is 5.92 Å². The third-order valence-electron chi connectivity index (χ3n) is 2.39. The molecule has 0 saturated heterocycles. The van der Waals surface area contributed by atoms with Gasteiger partial charge in [0.05, 0.1) is 6.04 Å². The zero-order valence-electron chi connectivity index (χ0n) is 10.5. The van der Waals surface area contributed by atoms with Gasteiger partial charge in [0.2, 0.25) is 0 Å². The number of urea groups is 1. The lowest BCUT2D eigenvalue weighted by molar-refractivity contribution is -0.140. The summed E-state index contributed by atoms with van der Waals surface area (Å²) in [6.07, 6.45) is 1.66. The molecule has 0 bridgehead atoms. The average Bonchev–Trinajstić information content (AvgIpc) is 2.78. The fraction of sp³-hybridized carbons (Fsp3) is 0.545. The van der Waals surface area contributed by atoms with Crippen molar-refractivity contribution in [3.63, 3.8) is 0 Å². The largest absolute Gasteiger partial charge is 0.480 e. The number of aromatic nitrogens is 1. The number of thiazole rings is 1. The van der Waals surface area contributed by atoms with Crippen LogP contribution in [0.4, 0.5) is 4.79 Å². The first-order valence-corrected chi connectivity index (χ1v) is 6.49. The second-order valence-electron chi connectivity index (χ2n) is 4.27. The van der Waals surface area contributed by atoms with E-state index < -0.39 is 18.0 Å². The Hall–Kier alpha value is -1.63. The lowest BCUT2D eigenvalue weighted by Crippen LogP contribution is -2.49. The number of carbonyl (C=O) groups is 2. The van der Waals surface area contributed by atoms with E-state index in [4.69, 9.17) is 5.11 Å². The summed E-state index contributed by atoms with van der Waals surface area (Å²) in [4.78, 5) is 26.7. The van der Waals surface area contributed by atoms with Crippen LogP contribution in [-0.2, 0) is 4.79 Å². The minimum absolute atomic E-state index is 0.177. The Labute approximate surface area is 109 Å². The van der Waals surface area contributed by atoms with E-state index in [1.165, 1.54) is 11.3 Å². The minimum Gasteiger partial charge on any atom is -0.480 e. The van der Waals surface area contributed by atoms with Crippen molar-refractivity contribution in [3.05, 3.63) is 16.6 Å². The molecule has 0 spiro atoms. The fourth-order valence-corrected chi connectivity index (χ4v) is 2.05. The van der Waals surface area contributed by atoms with Gasteiger partial charge in [-0.15, -0.1) is 11.3 Å². The molecule has 1 heterocycles. The first-order valence-electron chi connectivity index (χ1n) is 5.61. The van der Waals surface area contributed by atoms with Crippen LogP contribution in [0.1, 0.15) is 31.8 Å². The molecule has 1 aromatic heterocycles. The Morgan fingerprint density at radius 1 is 1.33 bits per heavy atom. The highest BCUT2D eigenvalue weighted by atomic mass is 32.1. The van der Waals surface area contributed by atoms with Crippen LogP contribution in [0.3, 0.4) is 0 Å². The molecule has 0 aliphatic rings. The van der Waals surface area contributed by atoms with Gasteiger partial charge in [-0.05, 0) is 12.8 Å². The van der Waals surface area contributed by atoms with Crippen molar-refractivity contribution in [2.24, 2.45) is 5.92 Å². The van der Waals surface area contributed by atoms with Gasteiger partial charge >= 0.3 is 12.0 Å². The molecule has 0 aliphatic heterocycles. The molecular formula is C11H17N3O3S. The summed E-state index contributed by atoms with van der Waals surface area (Å²) in [7, 11) is 0. The van der Waals surface area contributed by atoms with Crippen molar-refractivity contribution in [2.75, 3.05) is 0 Å². The van der Waals surface area contributed by atoms with E-state index in [1.54, 1.807) is 27.0 Å². The zero-order chi connectivity index (χ0) is 13.7. The summed E-state index contributed by atoms with van der Waals surface area (Å²) in [6.45, 7) is 5.27. The molecule has 0 fully saturated rings. The summed E-state index contributed by atoms with van der Waals surface area (Å²) in [5.74, 6) is -1.22. The number of aliphatic carboxylic acids is 1. The highest BCUT2D eigenvalue weighted by molar-refractivity contribution is 7.09. The van der Waals surface area contributed by atoms with Crippen molar-refractivity contribution < 1.29 is 14.7 Å². The predicted octanol–water partition coefficient (Wildman–Crippen LogP) is 1.61. The Balaban J connectivity index is 2.53. The van der Waals surface area contributed by atoms with Gasteiger partial charge in [-0.25, -0.2) is 14.6 Å². The van der Waals surface area contributed by atoms with Crippen molar-refractivity contribution in [2.45, 2.75) is 32.9 Å². The lowest BCUT2D eigenvalue weighted by Gasteiger charge is -2.19. The van der Waals surface area contributed by atoms with Gasteiger partial charge in [-0.2, -0.15) is 0 Å². The quantitative estimate of drug-likeness (QED) is 0.758. The fourth-order valence-electron chi connectivity index (χ4n) is 1.40. The maximum Gasteiger partial charge on any atom is 0.326 e. The standard InChI is InChI=1S/C11H17N3O3S/c1-6(2)8(10(15)16)14-11(17)13-7(3)9-12-4-5-18-9/h4-8H,1-3H3,(H,15,16)(H2,13,14,17). The Morgan fingerprint density at radius 3 is 2.44 bits per heavy atom. The Bertz CT molecular complexity index is 406. The predicted molar refractivity (Wildman–Crippen MR) is 68.5 cm³/mol. The number of hydrogen-bond acceptors (Lipinski definition) is 4. The minimum atomic E-state index is -1.04. The third-order valence-corrected chi connectivity index (χ3v) is 3.35. The molecule has 2 unspecified atom stereocenters. The molecule has 1 rings (SSSR count). The first kappa shape index (κ1) is 14.4. The Kier molecular flexibility index (Phi) is 5.08. The molecule has 2 amide bonds. The summed E-state index contributed by atoms with van der Waals surface area (Å²) in [6, 6.07) is -1.64. The van der Waals surface area contributed by atoms with Crippen LogP contribution < -0.4 is 10.6 Å². The number of hydrogen-bond donors (Lipinski definition) is 3. The van der Waals surface area contributed by atoms with E-state index in [1.807, 2.05) is 5.38 Å². The van der Waals surface area contributed by atoms with E-state index in [-0.39, 0.29) is 12.0 Å². The number of nitrogens with one attached hydrogen (secondary N) is 2. The molecule has 100 valence electrons. The van der Waals surface area contributed by atoms with E-state index in [0.717, 1.165) is 5.01 Å². The van der Waals surface area contributed by atoms with Crippen LogP contribution in [0.15, 0.2) is 11.6 Å². The smallest absolute Gasteiger partial charge is 0.326 e. The summed E-state index contributed by atoms with van der Waals surface area (Å²) in [5, 5.41) is 16.6. The SMILES string of the molecule is CC(NC(=O)NC(C(=O)O)C(C)C)c1nccs1. The van der Waals surface area contributed by atoms with Crippen LogP contribution in [0.25, 0.3) is 0 Å².